The van der Waals surface area contributed by atoms with Crippen molar-refractivity contribution in [2.24, 2.45) is 4.99 Å². The maximum Gasteiger partial charge on any atom is 0.234 e. The van der Waals surface area contributed by atoms with Crippen LogP contribution in [0.3, 0.4) is 0 Å². The van der Waals surface area contributed by atoms with Crippen molar-refractivity contribution >= 4 is 46.6 Å². The summed E-state index contributed by atoms with van der Waals surface area (Å²) in [5.41, 5.74) is 0.914. The van der Waals surface area contributed by atoms with Gasteiger partial charge in [-0.1, -0.05) is 35.0 Å². The number of aliphatic hydroxyl groups is 1. The number of aromatic nitrogens is 3. The number of nitrogens with zero attached hydrogens (tertiary/aromatic N) is 4. The van der Waals surface area contributed by atoms with Crippen LogP contribution in [0.2, 0.25) is 10.0 Å². The van der Waals surface area contributed by atoms with E-state index in [-0.39, 0.29) is 0 Å². The number of anilines is 2. The van der Waals surface area contributed by atoms with Crippen LogP contribution in [0.5, 0.6) is 0 Å². The van der Waals surface area contributed by atoms with E-state index >= 15 is 0 Å². The number of halogens is 2. The molecule has 3 rings (SSSR count). The lowest BCUT2D eigenvalue weighted by Crippen LogP contribution is -2.48. The molecule has 25 heavy (non-hydrogen) atoms. The Labute approximate surface area is 159 Å². The van der Waals surface area contributed by atoms with Crippen LogP contribution in [0.25, 0.3) is 0 Å². The Bertz CT molecular complexity index is 858. The van der Waals surface area contributed by atoms with Crippen molar-refractivity contribution in [3.8, 4) is 0 Å². The topological polar surface area (TPSA) is 87.4 Å². The normalized spacial score (nSPS) is 19.8. The van der Waals surface area contributed by atoms with E-state index in [4.69, 9.17) is 23.2 Å². The zero-order valence-electron chi connectivity index (χ0n) is 13.8. The zero-order valence-corrected chi connectivity index (χ0v) is 16.1. The molecule has 0 amide bonds. The highest BCUT2D eigenvalue weighted by Crippen LogP contribution is 2.36. The number of hydrogen-bond donors (Lipinski definition) is 3. The molecule has 1 aliphatic rings. The van der Waals surface area contributed by atoms with Gasteiger partial charge in [-0.3, -0.25) is 4.99 Å². The summed E-state index contributed by atoms with van der Waals surface area (Å²) >= 11 is 13.7. The van der Waals surface area contributed by atoms with Crippen molar-refractivity contribution in [1.82, 2.24) is 14.5 Å². The van der Waals surface area contributed by atoms with E-state index in [2.05, 4.69) is 25.6 Å². The second-order valence-electron chi connectivity index (χ2n) is 5.32. The molecule has 0 unspecified atom stereocenters. The molecule has 0 saturated carbocycles. The van der Waals surface area contributed by atoms with Gasteiger partial charge in [0.1, 0.15) is 0 Å². The highest BCUT2D eigenvalue weighted by atomic mass is 35.5. The molecule has 134 valence electrons. The minimum absolute atomic E-state index is 0.326. The molecule has 2 heterocycles. The van der Waals surface area contributed by atoms with E-state index in [0.717, 1.165) is 0 Å². The number of nitrogens with one attached hydrogen (secondary N) is 2. The van der Waals surface area contributed by atoms with Gasteiger partial charge in [0.15, 0.2) is 5.16 Å². The van der Waals surface area contributed by atoms with Gasteiger partial charge in [0.25, 0.3) is 0 Å². The van der Waals surface area contributed by atoms with Crippen LogP contribution < -0.4 is 16.3 Å². The fraction of sp³-hybridized carbons (Fsp3) is 0.400. The van der Waals surface area contributed by atoms with Gasteiger partial charge in [0.05, 0.1) is 16.5 Å². The third-order valence-corrected chi connectivity index (χ3v) is 5.11. The first-order valence-electron chi connectivity index (χ1n) is 7.81. The number of fused-ring (bicyclic) bond motifs is 1. The Hall–Kier alpha value is -1.48. The van der Waals surface area contributed by atoms with Gasteiger partial charge in [0, 0.05) is 18.1 Å². The summed E-state index contributed by atoms with van der Waals surface area (Å²) in [5.74, 6) is -0.655. The number of hydrogen-bond acceptors (Lipinski definition) is 7. The maximum absolute atomic E-state index is 11.2. The largest absolute Gasteiger partial charge is 0.354 e. The van der Waals surface area contributed by atoms with Crippen LogP contribution in [0.15, 0.2) is 28.3 Å². The molecule has 1 aromatic carbocycles. The van der Waals surface area contributed by atoms with Gasteiger partial charge >= 0.3 is 0 Å². The minimum Gasteiger partial charge on any atom is -0.354 e. The molecule has 0 radical (unpaired) electrons. The van der Waals surface area contributed by atoms with Crippen LogP contribution in [0, 0.1) is 0 Å². The van der Waals surface area contributed by atoms with Crippen molar-refractivity contribution in [1.29, 1.82) is 0 Å². The second-order valence-corrected chi connectivity index (χ2v) is 7.11. The van der Waals surface area contributed by atoms with Gasteiger partial charge in [-0.15, -0.1) is 0 Å². The molecule has 0 fully saturated rings. The van der Waals surface area contributed by atoms with Crippen LogP contribution >= 0.6 is 35.0 Å². The van der Waals surface area contributed by atoms with Crippen LogP contribution in [-0.2, 0) is 5.85 Å². The van der Waals surface area contributed by atoms with E-state index in [1.807, 2.05) is 13.8 Å². The molecule has 0 aliphatic carbocycles. The molecule has 7 nitrogen and oxygen atoms in total. The first kappa shape index (κ1) is 18.3. The van der Waals surface area contributed by atoms with Crippen LogP contribution in [0.1, 0.15) is 13.8 Å². The number of rotatable bonds is 5. The van der Waals surface area contributed by atoms with Gasteiger partial charge in [-0.25, -0.2) is 4.57 Å². The molecule has 0 saturated heterocycles. The Kier molecular flexibility index (Phi) is 5.43. The van der Waals surface area contributed by atoms with Crippen LogP contribution in [-0.4, -0.2) is 38.5 Å². The first-order valence-corrected chi connectivity index (χ1v) is 9.55. The van der Waals surface area contributed by atoms with E-state index in [0.29, 0.717) is 51.3 Å². The summed E-state index contributed by atoms with van der Waals surface area (Å²) in [6.45, 7) is 5.10. The fourth-order valence-corrected chi connectivity index (χ4v) is 3.81. The van der Waals surface area contributed by atoms with E-state index in [1.54, 1.807) is 22.8 Å². The number of benzene rings is 1. The second kappa shape index (κ2) is 7.41. The highest BCUT2D eigenvalue weighted by molar-refractivity contribution is 7.99. The van der Waals surface area contributed by atoms with Gasteiger partial charge < -0.3 is 15.7 Å². The van der Waals surface area contributed by atoms with Crippen LogP contribution in [0.4, 0.5) is 11.6 Å². The first-order chi connectivity index (χ1) is 12.0. The summed E-state index contributed by atoms with van der Waals surface area (Å²) in [7, 11) is 0. The lowest BCUT2D eigenvalue weighted by Gasteiger charge is -2.28. The van der Waals surface area contributed by atoms with Crippen molar-refractivity contribution in [2.45, 2.75) is 24.9 Å². The molecule has 10 heteroatoms. The van der Waals surface area contributed by atoms with E-state index in [9.17, 15) is 5.11 Å². The van der Waals surface area contributed by atoms with Gasteiger partial charge in [-0.05, 0) is 32.0 Å². The third kappa shape index (κ3) is 3.72. The zero-order chi connectivity index (χ0) is 18.0. The van der Waals surface area contributed by atoms with Gasteiger partial charge in [-0.2, -0.15) is 9.97 Å². The molecule has 0 bridgehead atoms. The molecule has 1 aromatic heterocycles. The van der Waals surface area contributed by atoms with E-state index in [1.165, 1.54) is 11.8 Å². The summed E-state index contributed by atoms with van der Waals surface area (Å²) in [6.07, 6.45) is 0. The molecule has 1 aliphatic heterocycles. The predicted molar refractivity (Wildman–Crippen MR) is 101 cm³/mol. The quantitative estimate of drug-likeness (QED) is 0.668. The number of thioether (sulfide) groups is 1. The smallest absolute Gasteiger partial charge is 0.234 e. The summed E-state index contributed by atoms with van der Waals surface area (Å²) in [6, 6.07) is 5.02. The van der Waals surface area contributed by atoms with Gasteiger partial charge in [0.2, 0.25) is 17.4 Å². The monoisotopic (exact) mass is 400 g/mol. The van der Waals surface area contributed by atoms with Crippen molar-refractivity contribution in [2.75, 3.05) is 29.5 Å². The standard InChI is InChI=1S/C15H18Cl2N6OS/c1-3-18-12-20-13(19-4-2)23-14(21-12)25-8-15(23,24)22-11-7-9(16)5-6-10(11)17/h5-7,22,24H,3-4,8H2,1-2H3,(H,18,19,20)/t15-/m1/s1. The molecule has 1 atom stereocenters. The predicted octanol–water partition coefficient (Wildman–Crippen LogP) is 2.76. The average Bonchev–Trinajstić information content (AvgIpc) is 2.89. The summed E-state index contributed by atoms with van der Waals surface area (Å²) < 4.78 is 1.58. The third-order valence-electron chi connectivity index (χ3n) is 3.47. The van der Waals surface area contributed by atoms with E-state index < -0.39 is 5.85 Å². The molecule has 2 aromatic rings. The maximum atomic E-state index is 11.2. The van der Waals surface area contributed by atoms with Crippen molar-refractivity contribution in [3.05, 3.63) is 33.9 Å². The Balaban J connectivity index is 2.08. The molecular weight excluding hydrogens is 383 g/mol. The lowest BCUT2D eigenvalue weighted by molar-refractivity contribution is 0.00819. The Morgan fingerprint density at radius 2 is 2.16 bits per heavy atom. The summed E-state index contributed by atoms with van der Waals surface area (Å²) in [4.78, 5) is 13.2. The highest BCUT2D eigenvalue weighted by Gasteiger charge is 2.40. The Morgan fingerprint density at radius 3 is 2.88 bits per heavy atom. The average molecular weight is 401 g/mol. The van der Waals surface area contributed by atoms with Crippen molar-refractivity contribution < 1.29 is 5.11 Å². The Morgan fingerprint density at radius 1 is 1.36 bits per heavy atom. The SMILES string of the molecule is CCN=c1nc(NCC)nc2n1[C@](O)(Nc1cc(Cl)ccc1Cl)CS2. The lowest BCUT2D eigenvalue weighted by atomic mass is 10.3. The molecular formula is C15H18Cl2N6OS. The van der Waals surface area contributed by atoms with Crippen molar-refractivity contribution in [3.63, 3.8) is 0 Å². The minimum atomic E-state index is -1.47. The molecule has 0 spiro atoms. The summed E-state index contributed by atoms with van der Waals surface area (Å²) in [5, 5.41) is 18.9. The molecule has 3 N–H and O–H groups in total. The fourth-order valence-electron chi connectivity index (χ4n) is 2.43.